The molecule has 1 saturated carbocycles. The molecule has 0 aliphatic heterocycles. The Morgan fingerprint density at radius 3 is 1.93 bits per heavy atom. The summed E-state index contributed by atoms with van der Waals surface area (Å²) in [5, 5.41) is 4.34. The number of ether oxygens (including phenoxy) is 1. The molecule has 1 fully saturated rings. The lowest BCUT2D eigenvalue weighted by Gasteiger charge is -2.17. The third-order valence-electron chi connectivity index (χ3n) is 5.26. The summed E-state index contributed by atoms with van der Waals surface area (Å²) in [6.07, 6.45) is 13.2. The molecule has 0 bridgehead atoms. The second-order valence-corrected chi connectivity index (χ2v) is 7.72. The smallest absolute Gasteiger partial charge is 0.429 e. The van der Waals surface area contributed by atoms with Gasteiger partial charge >= 0.3 is 12.1 Å². The van der Waals surface area contributed by atoms with Gasteiger partial charge in [-0.2, -0.15) is 0 Å². The molecule has 2 rings (SSSR count). The summed E-state index contributed by atoms with van der Waals surface area (Å²) >= 11 is 0. The number of hydrogen-bond donors (Lipinski definition) is 0. The lowest BCUT2D eigenvalue weighted by molar-refractivity contribution is -0.453. The molecule has 1 aromatic carbocycles. The lowest BCUT2D eigenvalue weighted by Crippen LogP contribution is -2.20. The molecule has 0 spiro atoms. The first-order valence-electron chi connectivity index (χ1n) is 11.0. The zero-order valence-corrected chi connectivity index (χ0v) is 17.5. The monoisotopic (exact) mass is 406 g/mol. The van der Waals surface area contributed by atoms with Gasteiger partial charge < -0.3 is 4.74 Å². The van der Waals surface area contributed by atoms with E-state index >= 15 is 0 Å². The molecule has 0 N–H and O–H groups in total. The second-order valence-electron chi connectivity index (χ2n) is 7.72. The average molecular weight is 407 g/mol. The molecule has 6 nitrogen and oxygen atoms in total. The Kier molecular flexibility index (Phi) is 11.2. The summed E-state index contributed by atoms with van der Waals surface area (Å²) in [6, 6.07) is 7.03. The largest absolute Gasteiger partial charge is 0.543 e. The zero-order chi connectivity index (χ0) is 20.7. The average Bonchev–Trinajstić information content (AvgIpc) is 2.71. The fourth-order valence-electron chi connectivity index (χ4n) is 3.62. The molecule has 0 saturated heterocycles. The molecule has 0 aromatic heterocycles. The van der Waals surface area contributed by atoms with Crippen molar-refractivity contribution in [3.05, 3.63) is 35.4 Å². The van der Waals surface area contributed by atoms with E-state index in [4.69, 9.17) is 4.74 Å². The predicted molar refractivity (Wildman–Crippen MR) is 109 cm³/mol. The molecule has 6 heteroatoms. The van der Waals surface area contributed by atoms with E-state index in [1.54, 1.807) is 12.1 Å². The minimum absolute atomic E-state index is 0.188. The van der Waals surface area contributed by atoms with Gasteiger partial charge in [0.05, 0.1) is 10.6 Å². The first-order chi connectivity index (χ1) is 14.2. The predicted octanol–water partition coefficient (Wildman–Crippen LogP) is 6.47. The molecular weight excluding hydrogens is 372 g/mol. The molecule has 0 radical (unpaired) electrons. The minimum atomic E-state index is -0.979. The Hall–Kier alpha value is -2.08. The Labute approximate surface area is 173 Å². The molecule has 1 aromatic rings. The van der Waals surface area contributed by atoms with Crippen molar-refractivity contribution in [2.75, 3.05) is 0 Å². The van der Waals surface area contributed by atoms with E-state index < -0.39 is 12.1 Å². The third-order valence-corrected chi connectivity index (χ3v) is 5.26. The molecule has 0 amide bonds. The molecule has 1 aliphatic carbocycles. The number of aryl methyl sites for hydroxylation is 1. The van der Waals surface area contributed by atoms with Crippen LogP contribution in [0.4, 0.5) is 4.79 Å². The lowest BCUT2D eigenvalue weighted by atomic mass is 9.99. The Balaban J connectivity index is 1.69. The normalized spacial score (nSPS) is 16.9. The van der Waals surface area contributed by atoms with Gasteiger partial charge in [0.2, 0.25) is 0 Å². The van der Waals surface area contributed by atoms with Crippen molar-refractivity contribution < 1.29 is 29.1 Å². The van der Waals surface area contributed by atoms with Crippen LogP contribution < -0.4 is 0 Å². The summed E-state index contributed by atoms with van der Waals surface area (Å²) in [6.45, 7) is 2.09. The van der Waals surface area contributed by atoms with Crippen LogP contribution in [0.3, 0.4) is 0 Å². The van der Waals surface area contributed by atoms with Crippen molar-refractivity contribution >= 4 is 12.1 Å². The quantitative estimate of drug-likeness (QED) is 0.306. The Morgan fingerprint density at radius 1 is 0.828 bits per heavy atom. The van der Waals surface area contributed by atoms with E-state index in [9.17, 15) is 9.59 Å². The van der Waals surface area contributed by atoms with Gasteiger partial charge in [0.15, 0.2) is 0 Å². The third kappa shape index (κ3) is 9.79. The van der Waals surface area contributed by atoms with Gasteiger partial charge in [0.1, 0.15) is 6.10 Å². The van der Waals surface area contributed by atoms with Crippen LogP contribution in [-0.2, 0) is 26.0 Å². The highest BCUT2D eigenvalue weighted by Crippen LogP contribution is 2.19. The minimum Gasteiger partial charge on any atom is -0.429 e. The number of carbonyl (C=O) groups is 2. The SMILES string of the molecule is CCCc1ccc(C(=O)OOOC(=O)OC2CCCCCCCCCCC2)cc1. The van der Waals surface area contributed by atoms with Gasteiger partial charge in [-0.25, -0.2) is 14.5 Å². The van der Waals surface area contributed by atoms with E-state index in [-0.39, 0.29) is 6.10 Å². The van der Waals surface area contributed by atoms with E-state index in [0.29, 0.717) is 5.56 Å². The van der Waals surface area contributed by atoms with Gasteiger partial charge in [-0.15, -0.1) is 0 Å². The van der Waals surface area contributed by atoms with E-state index in [1.807, 2.05) is 12.1 Å². The summed E-state index contributed by atoms with van der Waals surface area (Å²) in [5.41, 5.74) is 1.46. The maximum absolute atomic E-state index is 11.9. The number of benzene rings is 1. The van der Waals surface area contributed by atoms with E-state index in [2.05, 4.69) is 21.7 Å². The van der Waals surface area contributed by atoms with Crippen molar-refractivity contribution in [1.29, 1.82) is 0 Å². The van der Waals surface area contributed by atoms with Crippen LogP contribution >= 0.6 is 0 Å². The van der Waals surface area contributed by atoms with Crippen LogP contribution in [-0.4, -0.2) is 18.2 Å². The zero-order valence-electron chi connectivity index (χ0n) is 17.5. The first-order valence-corrected chi connectivity index (χ1v) is 11.0. The second kappa shape index (κ2) is 14.0. The number of hydrogen-bond acceptors (Lipinski definition) is 6. The van der Waals surface area contributed by atoms with Gasteiger partial charge in [0, 0.05) is 0 Å². The summed E-state index contributed by atoms with van der Waals surface area (Å²) in [4.78, 5) is 32.8. The van der Waals surface area contributed by atoms with Gasteiger partial charge in [0.25, 0.3) is 0 Å². The van der Waals surface area contributed by atoms with Crippen molar-refractivity contribution in [3.63, 3.8) is 0 Å². The number of rotatable bonds is 6. The summed E-state index contributed by atoms with van der Waals surface area (Å²) < 4.78 is 5.35. The van der Waals surface area contributed by atoms with Crippen LogP contribution in [0.5, 0.6) is 0 Å². The molecule has 29 heavy (non-hydrogen) atoms. The van der Waals surface area contributed by atoms with Crippen molar-refractivity contribution in [2.45, 2.75) is 96.5 Å². The van der Waals surface area contributed by atoms with Crippen LogP contribution in [0.1, 0.15) is 99.9 Å². The fraction of sp³-hybridized carbons (Fsp3) is 0.652. The van der Waals surface area contributed by atoms with Gasteiger partial charge in [-0.05, 0) is 49.8 Å². The topological polar surface area (TPSA) is 71.1 Å². The van der Waals surface area contributed by atoms with Crippen molar-refractivity contribution in [1.82, 2.24) is 0 Å². The van der Waals surface area contributed by atoms with Crippen LogP contribution in [0, 0.1) is 0 Å². The highest BCUT2D eigenvalue weighted by Gasteiger charge is 2.18. The maximum Gasteiger partial charge on any atom is 0.543 e. The van der Waals surface area contributed by atoms with Crippen LogP contribution in [0.25, 0.3) is 0 Å². The first kappa shape index (κ1) is 23.2. The Bertz CT molecular complexity index is 586. The van der Waals surface area contributed by atoms with Gasteiger partial charge in [-0.3, -0.25) is 4.89 Å². The van der Waals surface area contributed by atoms with Crippen molar-refractivity contribution in [3.8, 4) is 0 Å². The fourth-order valence-corrected chi connectivity index (χ4v) is 3.62. The summed E-state index contributed by atoms with van der Waals surface area (Å²) in [7, 11) is 0. The van der Waals surface area contributed by atoms with Crippen LogP contribution in [0.15, 0.2) is 24.3 Å². The molecule has 0 atom stereocenters. The molecular formula is C23H34O6. The standard InChI is InChI=1S/C23H34O6/c1-2-12-19-15-17-20(18-16-19)22(24)27-29-28-23(25)26-21-13-10-8-6-4-3-5-7-9-11-14-21/h15-18,21H,2-14H2,1H3. The van der Waals surface area contributed by atoms with Crippen LogP contribution in [0.2, 0.25) is 0 Å². The summed E-state index contributed by atoms with van der Waals surface area (Å²) in [5.74, 6) is -0.730. The van der Waals surface area contributed by atoms with Gasteiger partial charge in [-0.1, -0.05) is 70.4 Å². The number of carbonyl (C=O) groups excluding carboxylic acids is 2. The molecule has 0 unspecified atom stereocenters. The molecule has 1 aliphatic rings. The highest BCUT2D eigenvalue weighted by molar-refractivity contribution is 5.88. The molecule has 162 valence electrons. The van der Waals surface area contributed by atoms with E-state index in [0.717, 1.165) is 56.9 Å². The van der Waals surface area contributed by atoms with E-state index in [1.165, 1.54) is 32.1 Å². The highest BCUT2D eigenvalue weighted by atomic mass is 17.5. The molecule has 0 heterocycles. The maximum atomic E-state index is 11.9. The Morgan fingerprint density at radius 2 is 1.38 bits per heavy atom. The van der Waals surface area contributed by atoms with Crippen molar-refractivity contribution in [2.24, 2.45) is 0 Å².